The molecule has 0 amide bonds. The van der Waals surface area contributed by atoms with Gasteiger partial charge in [0.25, 0.3) is 0 Å². The highest BCUT2D eigenvalue weighted by Gasteiger charge is 2.25. The lowest BCUT2D eigenvalue weighted by Gasteiger charge is -2.23. The minimum atomic E-state index is -2.93. The summed E-state index contributed by atoms with van der Waals surface area (Å²) in [5.41, 5.74) is 0. The second-order valence-corrected chi connectivity index (χ2v) is 8.01. The molecule has 108 valence electrons. The van der Waals surface area contributed by atoms with E-state index in [2.05, 4.69) is 20.6 Å². The van der Waals surface area contributed by atoms with Gasteiger partial charge in [0.15, 0.2) is 9.84 Å². The smallest absolute Gasteiger partial charge is 0.225 e. The molecule has 3 heterocycles. The first-order valence-corrected chi connectivity index (χ1v) is 9.17. The van der Waals surface area contributed by atoms with E-state index in [9.17, 15) is 8.42 Å². The van der Waals surface area contributed by atoms with Crippen molar-refractivity contribution >= 4 is 43.2 Å². The van der Waals surface area contributed by atoms with Gasteiger partial charge < -0.3 is 10.6 Å². The molecular formula is C12H16N4O2S2. The number of thiophene rings is 1. The molecule has 0 aliphatic carbocycles. The highest BCUT2D eigenvalue weighted by atomic mass is 32.2. The molecule has 0 radical (unpaired) electrons. The molecule has 0 spiro atoms. The van der Waals surface area contributed by atoms with E-state index >= 15 is 0 Å². The summed E-state index contributed by atoms with van der Waals surface area (Å²) in [7, 11) is -1.16. The predicted molar refractivity (Wildman–Crippen MR) is 82.3 cm³/mol. The van der Waals surface area contributed by atoms with Gasteiger partial charge in [-0.15, -0.1) is 11.3 Å². The number of hydrogen-bond acceptors (Lipinski definition) is 7. The summed E-state index contributed by atoms with van der Waals surface area (Å²) in [6.07, 6.45) is 1.56. The summed E-state index contributed by atoms with van der Waals surface area (Å²) in [5, 5.41) is 9.11. The lowest BCUT2D eigenvalue weighted by atomic mass is 10.2. The predicted octanol–water partition coefficient (Wildman–Crippen LogP) is 1.72. The highest BCUT2D eigenvalue weighted by molar-refractivity contribution is 7.91. The standard InChI is InChI=1S/C12H16N4O2S2/c1-13-12-15-10(9-4-5-19-11(9)16-12)14-8-3-2-6-20(17,18)7-8/h4-5,8H,2-3,6-7H2,1H3,(H2,13,14,15,16). The quantitative estimate of drug-likeness (QED) is 0.898. The van der Waals surface area contributed by atoms with E-state index in [1.165, 1.54) is 0 Å². The van der Waals surface area contributed by atoms with Crippen LogP contribution in [0.25, 0.3) is 10.2 Å². The second kappa shape index (κ2) is 5.17. The van der Waals surface area contributed by atoms with Crippen molar-refractivity contribution in [2.75, 3.05) is 29.2 Å². The minimum absolute atomic E-state index is 0.0727. The molecule has 1 unspecified atom stereocenters. The number of fused-ring (bicyclic) bond motifs is 1. The van der Waals surface area contributed by atoms with Gasteiger partial charge in [0.1, 0.15) is 10.6 Å². The molecule has 20 heavy (non-hydrogen) atoms. The second-order valence-electron chi connectivity index (χ2n) is 4.88. The van der Waals surface area contributed by atoms with Gasteiger partial charge in [0.05, 0.1) is 16.9 Å². The summed E-state index contributed by atoms with van der Waals surface area (Å²) in [4.78, 5) is 9.68. The van der Waals surface area contributed by atoms with Gasteiger partial charge in [0, 0.05) is 13.1 Å². The van der Waals surface area contributed by atoms with Crippen LogP contribution in [0.2, 0.25) is 0 Å². The van der Waals surface area contributed by atoms with Gasteiger partial charge in [-0.3, -0.25) is 0 Å². The van der Waals surface area contributed by atoms with Gasteiger partial charge in [-0.2, -0.15) is 4.98 Å². The van der Waals surface area contributed by atoms with Crippen molar-refractivity contribution in [3.8, 4) is 0 Å². The number of anilines is 2. The van der Waals surface area contributed by atoms with Gasteiger partial charge >= 0.3 is 0 Å². The van der Waals surface area contributed by atoms with Crippen LogP contribution in [-0.2, 0) is 9.84 Å². The Bertz CT molecular complexity index is 726. The van der Waals surface area contributed by atoms with Crippen molar-refractivity contribution in [3.63, 3.8) is 0 Å². The van der Waals surface area contributed by atoms with E-state index in [1.807, 2.05) is 11.4 Å². The van der Waals surface area contributed by atoms with E-state index in [0.717, 1.165) is 16.6 Å². The van der Waals surface area contributed by atoms with Gasteiger partial charge in [-0.1, -0.05) is 0 Å². The maximum Gasteiger partial charge on any atom is 0.225 e. The van der Waals surface area contributed by atoms with Crippen molar-refractivity contribution < 1.29 is 8.42 Å². The molecule has 1 aliphatic heterocycles. The fourth-order valence-electron chi connectivity index (χ4n) is 2.41. The largest absolute Gasteiger partial charge is 0.366 e. The first-order chi connectivity index (χ1) is 9.57. The average molecular weight is 312 g/mol. The summed E-state index contributed by atoms with van der Waals surface area (Å²) >= 11 is 1.54. The fourth-order valence-corrected chi connectivity index (χ4v) is 4.81. The summed E-state index contributed by atoms with van der Waals surface area (Å²) < 4.78 is 23.4. The lowest BCUT2D eigenvalue weighted by molar-refractivity contribution is 0.561. The highest BCUT2D eigenvalue weighted by Crippen LogP contribution is 2.28. The molecular weight excluding hydrogens is 296 g/mol. The van der Waals surface area contributed by atoms with Crippen LogP contribution in [0.4, 0.5) is 11.8 Å². The minimum Gasteiger partial charge on any atom is -0.366 e. The molecule has 8 heteroatoms. The van der Waals surface area contributed by atoms with Crippen molar-refractivity contribution in [2.24, 2.45) is 0 Å². The van der Waals surface area contributed by atoms with E-state index in [-0.39, 0.29) is 11.8 Å². The number of nitrogens with one attached hydrogen (secondary N) is 2. The summed E-state index contributed by atoms with van der Waals surface area (Å²) in [6, 6.07) is 1.88. The zero-order valence-electron chi connectivity index (χ0n) is 11.1. The Hall–Kier alpha value is -1.41. The van der Waals surface area contributed by atoms with Gasteiger partial charge in [-0.25, -0.2) is 13.4 Å². The first kappa shape index (κ1) is 13.6. The van der Waals surface area contributed by atoms with Gasteiger partial charge in [0.2, 0.25) is 5.95 Å². The number of rotatable bonds is 3. The van der Waals surface area contributed by atoms with Crippen molar-refractivity contribution in [2.45, 2.75) is 18.9 Å². The Labute approximate surface area is 121 Å². The first-order valence-electron chi connectivity index (χ1n) is 6.47. The Kier molecular flexibility index (Phi) is 3.51. The third-order valence-corrected chi connectivity index (χ3v) is 5.98. The monoisotopic (exact) mass is 312 g/mol. The molecule has 1 saturated heterocycles. The lowest BCUT2D eigenvalue weighted by Crippen LogP contribution is -2.35. The van der Waals surface area contributed by atoms with Crippen LogP contribution in [0, 0.1) is 0 Å². The Balaban J connectivity index is 1.91. The molecule has 1 aliphatic rings. The fraction of sp³-hybridized carbons (Fsp3) is 0.500. The molecule has 1 atom stereocenters. The Morgan fingerprint density at radius 3 is 3.00 bits per heavy atom. The molecule has 0 aromatic carbocycles. The van der Waals surface area contributed by atoms with Crippen LogP contribution in [0.1, 0.15) is 12.8 Å². The third-order valence-electron chi connectivity index (χ3n) is 3.35. The topological polar surface area (TPSA) is 84.0 Å². The number of nitrogens with zero attached hydrogens (tertiary/aromatic N) is 2. The zero-order chi connectivity index (χ0) is 14.2. The van der Waals surface area contributed by atoms with Crippen LogP contribution in [-0.4, -0.2) is 43.0 Å². The molecule has 2 N–H and O–H groups in total. The third kappa shape index (κ3) is 2.71. The molecule has 1 fully saturated rings. The average Bonchev–Trinajstić information content (AvgIpc) is 2.85. The van der Waals surface area contributed by atoms with Crippen molar-refractivity contribution in [1.82, 2.24) is 9.97 Å². The maximum atomic E-state index is 11.7. The number of hydrogen-bond donors (Lipinski definition) is 2. The molecule has 0 saturated carbocycles. The van der Waals surface area contributed by atoms with Crippen LogP contribution in [0.15, 0.2) is 11.4 Å². The molecule has 6 nitrogen and oxygen atoms in total. The number of aromatic nitrogens is 2. The van der Waals surface area contributed by atoms with Crippen molar-refractivity contribution in [1.29, 1.82) is 0 Å². The number of sulfone groups is 1. The van der Waals surface area contributed by atoms with Gasteiger partial charge in [-0.05, 0) is 24.3 Å². The molecule has 2 aromatic heterocycles. The molecule has 2 aromatic rings. The zero-order valence-corrected chi connectivity index (χ0v) is 12.7. The van der Waals surface area contributed by atoms with Crippen LogP contribution in [0.5, 0.6) is 0 Å². The van der Waals surface area contributed by atoms with Crippen LogP contribution in [0.3, 0.4) is 0 Å². The van der Waals surface area contributed by atoms with Crippen LogP contribution < -0.4 is 10.6 Å². The Morgan fingerprint density at radius 1 is 1.40 bits per heavy atom. The van der Waals surface area contributed by atoms with Crippen molar-refractivity contribution in [3.05, 3.63) is 11.4 Å². The summed E-state index contributed by atoms with van der Waals surface area (Å²) in [6.45, 7) is 0. The molecule has 3 rings (SSSR count). The Morgan fingerprint density at radius 2 is 2.25 bits per heavy atom. The van der Waals surface area contributed by atoms with E-state index < -0.39 is 9.84 Å². The van der Waals surface area contributed by atoms with E-state index in [0.29, 0.717) is 23.9 Å². The SMILES string of the molecule is CNc1nc(NC2CCCS(=O)(=O)C2)c2ccsc2n1. The normalized spacial score (nSPS) is 21.8. The van der Waals surface area contributed by atoms with Crippen LogP contribution >= 0.6 is 11.3 Å². The summed E-state index contributed by atoms with van der Waals surface area (Å²) in [5.74, 6) is 1.73. The maximum absolute atomic E-state index is 11.7. The molecule has 0 bridgehead atoms. The van der Waals surface area contributed by atoms with E-state index in [4.69, 9.17) is 0 Å². The van der Waals surface area contributed by atoms with E-state index in [1.54, 1.807) is 18.4 Å².